The number of aliphatic hydroxyl groups excluding tert-OH is 1. The van der Waals surface area contributed by atoms with Crippen molar-refractivity contribution < 1.29 is 5.11 Å². The fraction of sp³-hybridized carbons (Fsp3) is 0.700. The second kappa shape index (κ2) is 4.00. The molecule has 4 heteroatoms. The summed E-state index contributed by atoms with van der Waals surface area (Å²) < 4.78 is 2.09. The maximum atomic E-state index is 8.96. The van der Waals surface area contributed by atoms with Crippen LogP contribution < -0.4 is 4.90 Å². The zero-order valence-corrected chi connectivity index (χ0v) is 8.61. The summed E-state index contributed by atoms with van der Waals surface area (Å²) in [6.45, 7) is 5.05. The van der Waals surface area contributed by atoms with Gasteiger partial charge in [-0.1, -0.05) is 0 Å². The predicted molar refractivity (Wildman–Crippen MR) is 55.5 cm³/mol. The molecule has 0 aromatic carbocycles. The van der Waals surface area contributed by atoms with Crippen LogP contribution in [0.15, 0.2) is 6.20 Å². The molecule has 1 N–H and O–H groups in total. The lowest BCUT2D eigenvalue weighted by Gasteiger charge is -2.19. The number of aromatic nitrogens is 2. The fourth-order valence-corrected chi connectivity index (χ4v) is 2.03. The third-order valence-corrected chi connectivity index (χ3v) is 2.79. The van der Waals surface area contributed by atoms with Crippen molar-refractivity contribution in [1.29, 1.82) is 0 Å². The second-order valence-electron chi connectivity index (χ2n) is 3.73. The molecule has 78 valence electrons. The van der Waals surface area contributed by atoms with Gasteiger partial charge in [0.15, 0.2) is 0 Å². The Labute approximate surface area is 84.2 Å². The van der Waals surface area contributed by atoms with Gasteiger partial charge in [-0.15, -0.1) is 0 Å². The zero-order chi connectivity index (χ0) is 9.97. The Morgan fingerprint density at radius 3 is 2.79 bits per heavy atom. The molecule has 1 saturated heterocycles. The highest BCUT2D eigenvalue weighted by Gasteiger charge is 2.17. The number of hydrogen-bond acceptors (Lipinski definition) is 3. The fourth-order valence-electron chi connectivity index (χ4n) is 2.03. The van der Waals surface area contributed by atoms with Crippen LogP contribution in [0.25, 0.3) is 0 Å². The molecule has 0 atom stereocenters. The van der Waals surface area contributed by atoms with E-state index in [1.54, 1.807) is 0 Å². The van der Waals surface area contributed by atoms with Crippen LogP contribution in [0.3, 0.4) is 0 Å². The van der Waals surface area contributed by atoms with Crippen LogP contribution in [-0.2, 0) is 6.54 Å². The van der Waals surface area contributed by atoms with Crippen LogP contribution in [0, 0.1) is 6.92 Å². The number of hydrogen-bond donors (Lipinski definition) is 1. The smallest absolute Gasteiger partial charge is 0.128 e. The Morgan fingerprint density at radius 2 is 2.14 bits per heavy atom. The molecule has 0 bridgehead atoms. The average Bonchev–Trinajstić information content (AvgIpc) is 2.77. The van der Waals surface area contributed by atoms with Gasteiger partial charge < -0.3 is 14.6 Å². The van der Waals surface area contributed by atoms with Crippen LogP contribution in [-0.4, -0.2) is 34.4 Å². The largest absolute Gasteiger partial charge is 0.395 e. The highest BCUT2D eigenvalue weighted by molar-refractivity contribution is 5.40. The molecule has 0 radical (unpaired) electrons. The molecule has 0 aliphatic carbocycles. The quantitative estimate of drug-likeness (QED) is 0.775. The number of anilines is 1. The molecule has 0 spiro atoms. The van der Waals surface area contributed by atoms with Gasteiger partial charge in [0.2, 0.25) is 0 Å². The summed E-state index contributed by atoms with van der Waals surface area (Å²) in [5.41, 5.74) is 0. The van der Waals surface area contributed by atoms with Crippen LogP contribution >= 0.6 is 0 Å². The molecule has 0 amide bonds. The van der Waals surface area contributed by atoms with Gasteiger partial charge in [0, 0.05) is 19.6 Å². The van der Waals surface area contributed by atoms with Crippen LogP contribution in [0.5, 0.6) is 0 Å². The summed E-state index contributed by atoms with van der Waals surface area (Å²) in [6, 6.07) is 0. The Morgan fingerprint density at radius 1 is 1.43 bits per heavy atom. The van der Waals surface area contributed by atoms with E-state index >= 15 is 0 Å². The molecule has 1 aromatic heterocycles. The van der Waals surface area contributed by atoms with Gasteiger partial charge in [-0.3, -0.25) is 0 Å². The highest BCUT2D eigenvalue weighted by Crippen LogP contribution is 2.21. The summed E-state index contributed by atoms with van der Waals surface area (Å²) in [5.74, 6) is 2.15. The first-order valence-corrected chi connectivity index (χ1v) is 5.21. The monoisotopic (exact) mass is 195 g/mol. The van der Waals surface area contributed by atoms with Crippen LogP contribution in [0.1, 0.15) is 18.7 Å². The van der Waals surface area contributed by atoms with Crippen LogP contribution in [0.2, 0.25) is 0 Å². The SMILES string of the molecule is Cc1ncc(N2CCCC2)n1CCO. The number of imidazole rings is 1. The first-order chi connectivity index (χ1) is 6.83. The lowest BCUT2D eigenvalue weighted by molar-refractivity contribution is 0.275. The molecule has 1 aromatic rings. The van der Waals surface area contributed by atoms with Crippen molar-refractivity contribution in [3.8, 4) is 0 Å². The number of aryl methyl sites for hydroxylation is 1. The van der Waals surface area contributed by atoms with Crippen molar-refractivity contribution in [2.24, 2.45) is 0 Å². The van der Waals surface area contributed by atoms with E-state index in [4.69, 9.17) is 5.11 Å². The Hall–Kier alpha value is -1.03. The van der Waals surface area contributed by atoms with Crippen molar-refractivity contribution in [2.75, 3.05) is 24.6 Å². The summed E-state index contributed by atoms with van der Waals surface area (Å²) in [4.78, 5) is 6.63. The Balaban J connectivity index is 2.22. The normalized spacial score (nSPS) is 16.6. The predicted octanol–water partition coefficient (Wildman–Crippen LogP) is 0.784. The van der Waals surface area contributed by atoms with E-state index in [0.717, 1.165) is 24.7 Å². The number of rotatable bonds is 3. The van der Waals surface area contributed by atoms with Gasteiger partial charge in [-0.05, 0) is 19.8 Å². The Kier molecular flexibility index (Phi) is 2.72. The Bertz CT molecular complexity index is 302. The van der Waals surface area contributed by atoms with E-state index < -0.39 is 0 Å². The van der Waals surface area contributed by atoms with E-state index in [9.17, 15) is 0 Å². The molecular formula is C10H17N3O. The van der Waals surface area contributed by atoms with E-state index in [-0.39, 0.29) is 6.61 Å². The van der Waals surface area contributed by atoms with Gasteiger partial charge in [0.05, 0.1) is 12.8 Å². The number of aliphatic hydroxyl groups is 1. The highest BCUT2D eigenvalue weighted by atomic mass is 16.3. The molecule has 4 nitrogen and oxygen atoms in total. The summed E-state index contributed by atoms with van der Waals surface area (Å²) in [6.07, 6.45) is 4.45. The molecule has 0 unspecified atom stereocenters. The topological polar surface area (TPSA) is 41.3 Å². The van der Waals surface area contributed by atoms with Crippen molar-refractivity contribution in [2.45, 2.75) is 26.3 Å². The van der Waals surface area contributed by atoms with Gasteiger partial charge >= 0.3 is 0 Å². The minimum absolute atomic E-state index is 0.179. The standard InChI is InChI=1S/C10H17N3O/c1-9-11-8-10(13(9)6-7-14)12-4-2-3-5-12/h8,14H,2-7H2,1H3. The zero-order valence-electron chi connectivity index (χ0n) is 8.61. The van der Waals surface area contributed by atoms with E-state index in [0.29, 0.717) is 6.54 Å². The van der Waals surface area contributed by atoms with E-state index in [2.05, 4.69) is 14.5 Å². The molecular weight excluding hydrogens is 178 g/mol. The molecule has 1 aliphatic rings. The van der Waals surface area contributed by atoms with E-state index in [1.807, 2.05) is 13.1 Å². The molecule has 1 aliphatic heterocycles. The average molecular weight is 195 g/mol. The van der Waals surface area contributed by atoms with Gasteiger partial charge in [0.25, 0.3) is 0 Å². The lowest BCUT2D eigenvalue weighted by atomic mass is 10.4. The molecule has 2 heterocycles. The first-order valence-electron chi connectivity index (χ1n) is 5.21. The molecule has 0 saturated carbocycles. The maximum absolute atomic E-state index is 8.96. The summed E-state index contributed by atoms with van der Waals surface area (Å²) in [7, 11) is 0. The minimum Gasteiger partial charge on any atom is -0.395 e. The van der Waals surface area contributed by atoms with Crippen molar-refractivity contribution in [3.05, 3.63) is 12.0 Å². The number of nitrogens with zero attached hydrogens (tertiary/aromatic N) is 3. The third kappa shape index (κ3) is 1.62. The van der Waals surface area contributed by atoms with E-state index in [1.165, 1.54) is 12.8 Å². The maximum Gasteiger partial charge on any atom is 0.128 e. The van der Waals surface area contributed by atoms with Crippen molar-refractivity contribution >= 4 is 5.82 Å². The summed E-state index contributed by atoms with van der Waals surface area (Å²) >= 11 is 0. The third-order valence-electron chi connectivity index (χ3n) is 2.79. The van der Waals surface area contributed by atoms with Crippen LogP contribution in [0.4, 0.5) is 5.82 Å². The van der Waals surface area contributed by atoms with Crippen molar-refractivity contribution in [1.82, 2.24) is 9.55 Å². The second-order valence-corrected chi connectivity index (χ2v) is 3.73. The first kappa shape index (κ1) is 9.52. The van der Waals surface area contributed by atoms with Gasteiger partial charge in [-0.25, -0.2) is 4.98 Å². The molecule has 1 fully saturated rings. The summed E-state index contributed by atoms with van der Waals surface area (Å²) in [5, 5.41) is 8.96. The molecule has 14 heavy (non-hydrogen) atoms. The minimum atomic E-state index is 0.179. The van der Waals surface area contributed by atoms with Gasteiger partial charge in [0.1, 0.15) is 11.6 Å². The van der Waals surface area contributed by atoms with Crippen molar-refractivity contribution in [3.63, 3.8) is 0 Å². The van der Waals surface area contributed by atoms with Gasteiger partial charge in [-0.2, -0.15) is 0 Å². The molecule has 2 rings (SSSR count). The lowest BCUT2D eigenvalue weighted by Crippen LogP contribution is -2.22.